The van der Waals surface area contributed by atoms with Crippen LogP contribution in [-0.4, -0.2) is 39.6 Å². The summed E-state index contributed by atoms with van der Waals surface area (Å²) in [7, 11) is 0. The molecule has 3 heterocycles. The third kappa shape index (κ3) is 22.5. The number of hydrogen-bond donors (Lipinski definition) is 0. The van der Waals surface area contributed by atoms with Crippen LogP contribution < -0.4 is 37.2 Å². The molecular weight excluding hydrogens is 443 g/mol. The second kappa shape index (κ2) is 25.1. The molecular formula is C12H24Cl3NdO3. The first kappa shape index (κ1) is 29.2. The molecule has 0 aromatic carbocycles. The Morgan fingerprint density at radius 2 is 0.526 bits per heavy atom. The van der Waals surface area contributed by atoms with Gasteiger partial charge in [-0.2, -0.15) is 0 Å². The number of halogens is 3. The maximum Gasteiger partial charge on any atom is 3.00 e. The van der Waals surface area contributed by atoms with E-state index in [1.165, 1.54) is 38.5 Å². The second-order valence-electron chi connectivity index (χ2n) is 3.96. The summed E-state index contributed by atoms with van der Waals surface area (Å²) >= 11 is 0. The Morgan fingerprint density at radius 1 is 0.368 bits per heavy atom. The predicted octanol–water partition coefficient (Wildman–Crippen LogP) is -6.60. The van der Waals surface area contributed by atoms with Gasteiger partial charge in [0.15, 0.2) is 0 Å². The number of rotatable bonds is 0. The van der Waals surface area contributed by atoms with Gasteiger partial charge in [-0.3, -0.25) is 0 Å². The van der Waals surface area contributed by atoms with E-state index in [2.05, 4.69) is 0 Å². The summed E-state index contributed by atoms with van der Waals surface area (Å²) in [6, 6.07) is 0. The first-order chi connectivity index (χ1) is 7.50. The third-order valence-electron chi connectivity index (χ3n) is 2.48. The summed E-state index contributed by atoms with van der Waals surface area (Å²) in [5.41, 5.74) is 0. The van der Waals surface area contributed by atoms with Gasteiger partial charge in [0, 0.05) is 39.6 Å². The van der Waals surface area contributed by atoms with E-state index < -0.39 is 0 Å². The molecule has 0 N–H and O–H groups in total. The van der Waals surface area contributed by atoms with E-state index in [1.807, 2.05) is 0 Å². The third-order valence-corrected chi connectivity index (χ3v) is 2.48. The van der Waals surface area contributed by atoms with E-state index >= 15 is 0 Å². The summed E-state index contributed by atoms with van der Waals surface area (Å²) < 4.78 is 14.8. The summed E-state index contributed by atoms with van der Waals surface area (Å²) in [5.74, 6) is 0. The van der Waals surface area contributed by atoms with E-state index in [4.69, 9.17) is 14.2 Å². The van der Waals surface area contributed by atoms with Crippen LogP contribution in [0.15, 0.2) is 0 Å². The molecule has 0 aromatic rings. The van der Waals surface area contributed by atoms with Gasteiger partial charge in [-0.05, 0) is 38.5 Å². The van der Waals surface area contributed by atoms with Gasteiger partial charge >= 0.3 is 40.8 Å². The Balaban J connectivity index is -0.0000000804. The van der Waals surface area contributed by atoms with E-state index in [0.29, 0.717) is 0 Å². The Kier molecular flexibility index (Phi) is 38.5. The molecule has 0 amide bonds. The fraction of sp³-hybridized carbons (Fsp3) is 1.00. The quantitative estimate of drug-likeness (QED) is 0.355. The molecule has 3 fully saturated rings. The van der Waals surface area contributed by atoms with Gasteiger partial charge in [0.1, 0.15) is 0 Å². The molecule has 3 aliphatic rings. The van der Waals surface area contributed by atoms with Crippen molar-refractivity contribution in [2.75, 3.05) is 39.6 Å². The second-order valence-corrected chi connectivity index (χ2v) is 3.96. The largest absolute Gasteiger partial charge is 3.00 e. The summed E-state index contributed by atoms with van der Waals surface area (Å²) in [6.45, 7) is 6.00. The fourth-order valence-electron chi connectivity index (χ4n) is 1.53. The summed E-state index contributed by atoms with van der Waals surface area (Å²) in [6.07, 6.45) is 7.67. The molecule has 115 valence electrons. The average molecular weight is 467 g/mol. The minimum atomic E-state index is 0. The molecule has 0 atom stereocenters. The first-order valence-corrected chi connectivity index (χ1v) is 6.23. The van der Waals surface area contributed by atoms with Gasteiger partial charge < -0.3 is 51.4 Å². The van der Waals surface area contributed by atoms with Crippen molar-refractivity contribution in [2.45, 2.75) is 38.5 Å². The minimum absolute atomic E-state index is 0. The molecule has 0 bridgehead atoms. The van der Waals surface area contributed by atoms with Crippen LogP contribution in [-0.2, 0) is 14.2 Å². The molecule has 1 radical (unpaired) electrons. The van der Waals surface area contributed by atoms with Gasteiger partial charge in [0.25, 0.3) is 0 Å². The zero-order valence-electron chi connectivity index (χ0n) is 11.3. The van der Waals surface area contributed by atoms with Crippen LogP contribution >= 0.6 is 0 Å². The smallest absolute Gasteiger partial charge is 1.00 e. The van der Waals surface area contributed by atoms with E-state index in [-0.39, 0.29) is 78.1 Å². The SMILES string of the molecule is C1CCOC1.C1CCOC1.C1CCOC1.[Cl-].[Cl-].[Cl-].[Nd+3]. The van der Waals surface area contributed by atoms with Crippen molar-refractivity contribution in [3.05, 3.63) is 0 Å². The van der Waals surface area contributed by atoms with Gasteiger partial charge in [-0.15, -0.1) is 0 Å². The van der Waals surface area contributed by atoms with Crippen LogP contribution in [0.25, 0.3) is 0 Å². The molecule has 3 nitrogen and oxygen atoms in total. The monoisotopic (exact) mass is 463 g/mol. The van der Waals surface area contributed by atoms with Gasteiger partial charge in [0.2, 0.25) is 0 Å². The van der Waals surface area contributed by atoms with Gasteiger partial charge in [-0.25, -0.2) is 0 Å². The van der Waals surface area contributed by atoms with Crippen molar-refractivity contribution in [3.63, 3.8) is 0 Å². The summed E-state index contributed by atoms with van der Waals surface area (Å²) in [4.78, 5) is 0. The first-order valence-electron chi connectivity index (χ1n) is 6.23. The zero-order chi connectivity index (χ0) is 10.6. The fourth-order valence-corrected chi connectivity index (χ4v) is 1.53. The average Bonchev–Trinajstić information content (AvgIpc) is 3.09. The van der Waals surface area contributed by atoms with E-state index in [0.717, 1.165) is 39.6 Å². The van der Waals surface area contributed by atoms with Gasteiger partial charge in [0.05, 0.1) is 0 Å². The molecule has 0 aliphatic carbocycles. The minimum Gasteiger partial charge on any atom is -1.00 e. The molecule has 19 heavy (non-hydrogen) atoms. The Hall–Kier alpha value is 2.10. The van der Waals surface area contributed by atoms with E-state index in [1.54, 1.807) is 0 Å². The number of hydrogen-bond acceptors (Lipinski definition) is 3. The summed E-state index contributed by atoms with van der Waals surface area (Å²) in [5, 5.41) is 0. The maximum atomic E-state index is 4.94. The Bertz CT molecular complexity index is 86.8. The molecule has 3 rings (SSSR count). The van der Waals surface area contributed by atoms with Crippen molar-refractivity contribution in [3.8, 4) is 0 Å². The number of ether oxygens (including phenoxy) is 3. The molecule has 3 aliphatic heterocycles. The van der Waals surface area contributed by atoms with Crippen molar-refractivity contribution in [1.82, 2.24) is 0 Å². The van der Waals surface area contributed by atoms with Gasteiger partial charge in [-0.1, -0.05) is 0 Å². The standard InChI is InChI=1S/3C4H8O.3ClH.Nd/c3*1-2-4-5-3-1;;;;/h3*1-4H2;3*1H;/q;;;;;;+3/p-3. The zero-order valence-corrected chi connectivity index (χ0v) is 16.8. The predicted molar refractivity (Wildman–Crippen MR) is 60.2 cm³/mol. The Morgan fingerprint density at radius 3 is 0.579 bits per heavy atom. The molecule has 7 heteroatoms. The topological polar surface area (TPSA) is 27.7 Å². The maximum absolute atomic E-state index is 4.94. The van der Waals surface area contributed by atoms with Crippen LogP contribution in [0.3, 0.4) is 0 Å². The molecule has 3 saturated heterocycles. The molecule has 0 aromatic heterocycles. The van der Waals surface area contributed by atoms with Crippen molar-refractivity contribution < 1.29 is 92.3 Å². The van der Waals surface area contributed by atoms with Crippen LogP contribution in [0, 0.1) is 40.8 Å². The van der Waals surface area contributed by atoms with Crippen molar-refractivity contribution in [2.24, 2.45) is 0 Å². The van der Waals surface area contributed by atoms with Crippen LogP contribution in [0.5, 0.6) is 0 Å². The molecule has 0 saturated carbocycles. The van der Waals surface area contributed by atoms with Crippen molar-refractivity contribution >= 4 is 0 Å². The van der Waals surface area contributed by atoms with Crippen LogP contribution in [0.4, 0.5) is 0 Å². The van der Waals surface area contributed by atoms with E-state index in [9.17, 15) is 0 Å². The molecule has 0 spiro atoms. The normalized spacial score (nSPS) is 18.9. The van der Waals surface area contributed by atoms with Crippen LogP contribution in [0.1, 0.15) is 38.5 Å². The Labute approximate surface area is 169 Å². The molecule has 0 unspecified atom stereocenters. The van der Waals surface area contributed by atoms with Crippen molar-refractivity contribution in [1.29, 1.82) is 0 Å². The van der Waals surface area contributed by atoms with Crippen LogP contribution in [0.2, 0.25) is 0 Å².